The van der Waals surface area contributed by atoms with Gasteiger partial charge >= 0.3 is 0 Å². The molecule has 4 heteroatoms. The molecule has 0 unspecified atom stereocenters. The van der Waals surface area contributed by atoms with Crippen LogP contribution in [-0.2, 0) is 0 Å². The second-order valence-electron chi connectivity index (χ2n) is 6.16. The van der Waals surface area contributed by atoms with E-state index in [4.69, 9.17) is 0 Å². The highest BCUT2D eigenvalue weighted by atomic mass is 33.1. The van der Waals surface area contributed by atoms with Crippen LogP contribution >= 0.6 is 21.6 Å². The molecule has 0 N–H and O–H groups in total. The molecular weight excluding hydrogens is 236 g/mol. The first-order valence-electron chi connectivity index (χ1n) is 5.94. The first-order chi connectivity index (χ1) is 7.20. The van der Waals surface area contributed by atoms with Crippen molar-refractivity contribution in [1.82, 2.24) is 9.80 Å². The summed E-state index contributed by atoms with van der Waals surface area (Å²) in [4.78, 5) is 4.89. The molecular formula is C12H26N2S2. The Bertz CT molecular complexity index is 205. The van der Waals surface area contributed by atoms with Crippen molar-refractivity contribution in [3.8, 4) is 0 Å². The van der Waals surface area contributed by atoms with Gasteiger partial charge in [-0.15, -0.1) is 0 Å². The van der Waals surface area contributed by atoms with Gasteiger partial charge in [-0.25, -0.2) is 0 Å². The third kappa shape index (κ3) is 5.30. The molecule has 0 aromatic heterocycles. The zero-order valence-electron chi connectivity index (χ0n) is 11.5. The van der Waals surface area contributed by atoms with Gasteiger partial charge in [0.1, 0.15) is 0 Å². The molecule has 1 heterocycles. The third-order valence-corrected chi connectivity index (χ3v) is 6.86. The van der Waals surface area contributed by atoms with Gasteiger partial charge in [-0.3, -0.25) is 0 Å². The number of rotatable bonds is 0. The highest BCUT2D eigenvalue weighted by Gasteiger charge is 2.29. The summed E-state index contributed by atoms with van der Waals surface area (Å²) >= 11 is 0. The predicted molar refractivity (Wildman–Crippen MR) is 78.3 cm³/mol. The summed E-state index contributed by atoms with van der Waals surface area (Å²) in [6.45, 7) is 14.1. The topological polar surface area (TPSA) is 6.48 Å². The van der Waals surface area contributed by atoms with Crippen molar-refractivity contribution >= 4 is 21.6 Å². The molecule has 16 heavy (non-hydrogen) atoms. The van der Waals surface area contributed by atoms with Crippen molar-refractivity contribution < 1.29 is 0 Å². The molecule has 0 radical (unpaired) electrons. The zero-order chi connectivity index (χ0) is 12.4. The molecule has 0 bridgehead atoms. The lowest BCUT2D eigenvalue weighted by Gasteiger charge is -2.37. The smallest absolute Gasteiger partial charge is 0.0334 e. The maximum Gasteiger partial charge on any atom is 0.0334 e. The minimum absolute atomic E-state index is 0.340. The standard InChI is InChI=1S/C12H26N2S2/c1-11(2)9-13(5)7-8-14(6)10-12(3,4)16-15-11/h7-10H2,1-6H3. The molecule has 2 nitrogen and oxygen atoms in total. The van der Waals surface area contributed by atoms with Crippen molar-refractivity contribution in [1.29, 1.82) is 0 Å². The summed E-state index contributed by atoms with van der Waals surface area (Å²) in [7, 11) is 8.54. The minimum Gasteiger partial charge on any atom is -0.304 e. The van der Waals surface area contributed by atoms with Gasteiger partial charge in [0.05, 0.1) is 0 Å². The number of nitrogens with zero attached hydrogens (tertiary/aromatic N) is 2. The Balaban J connectivity index is 2.67. The normalized spacial score (nSPS) is 28.9. The summed E-state index contributed by atoms with van der Waals surface area (Å²) in [5.41, 5.74) is 0. The van der Waals surface area contributed by atoms with Crippen LogP contribution in [0.5, 0.6) is 0 Å². The second-order valence-corrected chi connectivity index (χ2v) is 9.71. The van der Waals surface area contributed by atoms with Crippen LogP contribution in [0.2, 0.25) is 0 Å². The SMILES string of the molecule is CN1CCN(C)CC(C)(C)SSC(C)(C)C1. The largest absolute Gasteiger partial charge is 0.304 e. The minimum atomic E-state index is 0.340. The van der Waals surface area contributed by atoms with Crippen LogP contribution < -0.4 is 0 Å². The molecule has 1 saturated heterocycles. The van der Waals surface area contributed by atoms with Gasteiger partial charge in [0.2, 0.25) is 0 Å². The fourth-order valence-corrected chi connectivity index (χ4v) is 4.75. The van der Waals surface area contributed by atoms with Gasteiger partial charge in [0.25, 0.3) is 0 Å². The fraction of sp³-hybridized carbons (Fsp3) is 1.00. The summed E-state index contributed by atoms with van der Waals surface area (Å²) in [5.74, 6) is 0. The van der Waals surface area contributed by atoms with Gasteiger partial charge in [-0.1, -0.05) is 21.6 Å². The Labute approximate surface area is 109 Å². The highest BCUT2D eigenvalue weighted by Crippen LogP contribution is 2.44. The molecule has 0 aliphatic carbocycles. The number of likely N-dealkylation sites (N-methyl/N-ethyl adjacent to an activating group) is 2. The van der Waals surface area contributed by atoms with Gasteiger partial charge in [-0.05, 0) is 41.8 Å². The van der Waals surface area contributed by atoms with E-state index in [-0.39, 0.29) is 0 Å². The van der Waals surface area contributed by atoms with E-state index in [0.717, 1.165) is 13.1 Å². The molecule has 96 valence electrons. The van der Waals surface area contributed by atoms with E-state index in [1.807, 2.05) is 21.6 Å². The van der Waals surface area contributed by atoms with E-state index < -0.39 is 0 Å². The molecule has 0 spiro atoms. The van der Waals surface area contributed by atoms with Crippen molar-refractivity contribution in [2.75, 3.05) is 40.3 Å². The Morgan fingerprint density at radius 1 is 0.750 bits per heavy atom. The lowest BCUT2D eigenvalue weighted by molar-refractivity contribution is 0.237. The lowest BCUT2D eigenvalue weighted by atomic mass is 10.2. The maximum absolute atomic E-state index is 2.45. The summed E-state index contributed by atoms with van der Waals surface area (Å²) in [6.07, 6.45) is 0. The fourth-order valence-electron chi connectivity index (χ4n) is 2.08. The van der Waals surface area contributed by atoms with Gasteiger partial charge in [-0.2, -0.15) is 0 Å². The quantitative estimate of drug-likeness (QED) is 0.619. The first-order valence-corrected chi connectivity index (χ1v) is 8.09. The first kappa shape index (κ1) is 14.7. The van der Waals surface area contributed by atoms with Crippen molar-refractivity contribution in [3.05, 3.63) is 0 Å². The van der Waals surface area contributed by atoms with Crippen LogP contribution in [0.4, 0.5) is 0 Å². The molecule has 0 saturated carbocycles. The van der Waals surface area contributed by atoms with Crippen LogP contribution in [-0.4, -0.2) is 59.6 Å². The Morgan fingerprint density at radius 2 is 1.06 bits per heavy atom. The molecule has 0 aromatic carbocycles. The third-order valence-electron chi connectivity index (χ3n) is 2.66. The van der Waals surface area contributed by atoms with Crippen molar-refractivity contribution in [2.24, 2.45) is 0 Å². The van der Waals surface area contributed by atoms with Crippen LogP contribution in [0.25, 0.3) is 0 Å². The van der Waals surface area contributed by atoms with Gasteiger partial charge < -0.3 is 9.80 Å². The van der Waals surface area contributed by atoms with Gasteiger partial charge in [0, 0.05) is 35.7 Å². The van der Waals surface area contributed by atoms with Crippen LogP contribution in [0.1, 0.15) is 27.7 Å². The molecule has 0 amide bonds. The van der Waals surface area contributed by atoms with E-state index in [2.05, 4.69) is 51.6 Å². The number of hydrogen-bond acceptors (Lipinski definition) is 4. The molecule has 1 aliphatic heterocycles. The summed E-state index contributed by atoms with van der Waals surface area (Å²) in [6, 6.07) is 0. The molecule has 1 aliphatic rings. The molecule has 1 rings (SSSR count). The van der Waals surface area contributed by atoms with E-state index >= 15 is 0 Å². The lowest BCUT2D eigenvalue weighted by Crippen LogP contribution is -2.43. The van der Waals surface area contributed by atoms with E-state index in [0.29, 0.717) is 9.49 Å². The monoisotopic (exact) mass is 262 g/mol. The summed E-state index contributed by atoms with van der Waals surface area (Å²) < 4.78 is 0.680. The predicted octanol–water partition coefficient (Wildman–Crippen LogP) is 2.80. The highest BCUT2D eigenvalue weighted by molar-refractivity contribution is 8.77. The van der Waals surface area contributed by atoms with Crippen molar-refractivity contribution in [3.63, 3.8) is 0 Å². The van der Waals surface area contributed by atoms with E-state index in [1.165, 1.54) is 13.1 Å². The maximum atomic E-state index is 2.45. The Hall–Kier alpha value is 0.620. The van der Waals surface area contributed by atoms with Gasteiger partial charge in [0.15, 0.2) is 0 Å². The van der Waals surface area contributed by atoms with Crippen LogP contribution in [0.15, 0.2) is 0 Å². The van der Waals surface area contributed by atoms with Crippen LogP contribution in [0, 0.1) is 0 Å². The van der Waals surface area contributed by atoms with E-state index in [1.54, 1.807) is 0 Å². The molecule has 0 aromatic rings. The zero-order valence-corrected chi connectivity index (χ0v) is 13.2. The second kappa shape index (κ2) is 5.51. The number of hydrogen-bond donors (Lipinski definition) is 0. The summed E-state index contributed by atoms with van der Waals surface area (Å²) in [5, 5.41) is 0. The molecule has 1 fully saturated rings. The van der Waals surface area contributed by atoms with Crippen LogP contribution in [0.3, 0.4) is 0 Å². The Kier molecular flexibility index (Phi) is 5.05. The average molecular weight is 262 g/mol. The average Bonchev–Trinajstić information content (AvgIpc) is 2.10. The van der Waals surface area contributed by atoms with E-state index in [9.17, 15) is 0 Å². The Morgan fingerprint density at radius 3 is 1.38 bits per heavy atom. The molecule has 0 atom stereocenters. The van der Waals surface area contributed by atoms with Crippen molar-refractivity contribution in [2.45, 2.75) is 37.2 Å².